The lowest BCUT2D eigenvalue weighted by atomic mass is 9.71. The number of hydrogen-bond acceptors (Lipinski definition) is 14. The molecule has 2 bridgehead atoms. The van der Waals surface area contributed by atoms with E-state index in [9.17, 15) is 19.8 Å². The summed E-state index contributed by atoms with van der Waals surface area (Å²) in [6.45, 7) is 14.5. The number of methoxy groups -OCH3 is 2. The molecular weight excluding hydrogens is 776 g/mol. The highest BCUT2D eigenvalue weighted by atomic mass is 16.7. The average molecular weight is 845 g/mol. The van der Waals surface area contributed by atoms with Crippen LogP contribution in [0.15, 0.2) is 59.3 Å². The third kappa shape index (κ3) is 10.2. The van der Waals surface area contributed by atoms with Crippen molar-refractivity contribution in [1.82, 2.24) is 0 Å². The molecule has 5 heterocycles. The van der Waals surface area contributed by atoms with E-state index < -0.39 is 84.4 Å². The zero-order chi connectivity index (χ0) is 43.4. The molecule has 3 fully saturated rings. The van der Waals surface area contributed by atoms with E-state index in [-0.39, 0.29) is 50.1 Å². The number of esters is 2. The van der Waals surface area contributed by atoms with Crippen LogP contribution in [-0.2, 0) is 57.0 Å². The van der Waals surface area contributed by atoms with Crippen LogP contribution in [0.3, 0.4) is 0 Å². The third-order valence-electron chi connectivity index (χ3n) is 13.2. The van der Waals surface area contributed by atoms with Crippen molar-refractivity contribution in [2.45, 2.75) is 153 Å². The van der Waals surface area contributed by atoms with Crippen molar-refractivity contribution >= 4 is 11.9 Å². The van der Waals surface area contributed by atoms with E-state index in [4.69, 9.17) is 47.4 Å². The van der Waals surface area contributed by atoms with Gasteiger partial charge < -0.3 is 57.6 Å². The van der Waals surface area contributed by atoms with Crippen LogP contribution < -0.4 is 0 Å². The van der Waals surface area contributed by atoms with Crippen LogP contribution in [-0.4, -0.2) is 135 Å². The Labute approximate surface area is 355 Å². The van der Waals surface area contributed by atoms with Crippen LogP contribution in [0.2, 0.25) is 0 Å². The van der Waals surface area contributed by atoms with Gasteiger partial charge in [-0.15, -0.1) is 0 Å². The van der Waals surface area contributed by atoms with Crippen molar-refractivity contribution in [2.24, 2.45) is 23.7 Å². The summed E-state index contributed by atoms with van der Waals surface area (Å²) in [5, 5.41) is 23.6. The zero-order valence-corrected chi connectivity index (χ0v) is 36.8. The van der Waals surface area contributed by atoms with Gasteiger partial charge in [0.05, 0.1) is 44.2 Å². The molecule has 14 heteroatoms. The fraction of sp³-hybridized carbons (Fsp3) is 0.739. The number of carbonyl (C=O) groups excluding carboxylic acids is 2. The van der Waals surface area contributed by atoms with Crippen LogP contribution in [0.4, 0.5) is 0 Å². The molecule has 0 aromatic rings. The molecule has 3 saturated heterocycles. The van der Waals surface area contributed by atoms with Crippen LogP contribution in [0, 0.1) is 23.7 Å². The second kappa shape index (κ2) is 20.2. The van der Waals surface area contributed by atoms with E-state index >= 15 is 0 Å². The van der Waals surface area contributed by atoms with E-state index in [2.05, 4.69) is 32.9 Å². The van der Waals surface area contributed by atoms with Crippen LogP contribution in [0.5, 0.6) is 0 Å². The minimum Gasteiger partial charge on any atom is -0.462 e. The Balaban J connectivity index is 1.31. The van der Waals surface area contributed by atoms with Gasteiger partial charge in [0.2, 0.25) is 0 Å². The van der Waals surface area contributed by atoms with Crippen molar-refractivity contribution in [2.75, 3.05) is 40.6 Å². The van der Waals surface area contributed by atoms with E-state index in [0.29, 0.717) is 37.0 Å². The molecule has 6 rings (SSSR count). The van der Waals surface area contributed by atoms with E-state index in [1.54, 1.807) is 33.3 Å². The number of fused-ring (bicyclic) bond motifs is 2. The smallest absolute Gasteiger partial charge is 0.332 e. The molecule has 5 aliphatic heterocycles. The molecule has 1 aliphatic carbocycles. The quantitative estimate of drug-likeness (QED) is 0.161. The summed E-state index contributed by atoms with van der Waals surface area (Å²) in [5.74, 6) is -3.14. The second-order valence-corrected chi connectivity index (χ2v) is 17.6. The molecule has 0 saturated carbocycles. The lowest BCUT2D eigenvalue weighted by molar-refractivity contribution is -0.300. The summed E-state index contributed by atoms with van der Waals surface area (Å²) in [7, 11) is 3.13. The van der Waals surface area contributed by atoms with Crippen molar-refractivity contribution in [1.29, 1.82) is 0 Å². The molecule has 0 radical (unpaired) electrons. The molecule has 2 N–H and O–H groups in total. The predicted molar refractivity (Wildman–Crippen MR) is 219 cm³/mol. The molecule has 336 valence electrons. The van der Waals surface area contributed by atoms with Crippen LogP contribution in [0.1, 0.15) is 80.6 Å². The summed E-state index contributed by atoms with van der Waals surface area (Å²) < 4.78 is 61.2. The molecule has 16 atom stereocenters. The molecular formula is C46H68O14. The van der Waals surface area contributed by atoms with Gasteiger partial charge in [0.1, 0.15) is 42.5 Å². The predicted octanol–water partition coefficient (Wildman–Crippen LogP) is 5.06. The summed E-state index contributed by atoms with van der Waals surface area (Å²) in [5.41, 5.74) is 0.0777. The lowest BCUT2D eigenvalue weighted by Gasteiger charge is -2.48. The van der Waals surface area contributed by atoms with Gasteiger partial charge in [0.15, 0.2) is 18.2 Å². The largest absolute Gasteiger partial charge is 0.462 e. The number of rotatable bonds is 11. The SMILES string of the molecule is CCC(C)[C@H]1OC2(C=C[C@@H]1C)C[C@@H]1C[C@@H](C/C=C(\C)[C@@H](OC3C[C@H](OC)[C@@H](OC(=O)COCCOC)[C@H](C)O3)[C@@H](C)/C=C/C=C3\CO[C@@H]4[C@H](O)C(C)=CC(C(=O)O1)[C@]34O)O2. The molecule has 6 aliphatic rings. The fourth-order valence-electron chi connectivity index (χ4n) is 9.51. The Bertz CT molecular complexity index is 1650. The maximum Gasteiger partial charge on any atom is 0.332 e. The minimum atomic E-state index is -1.84. The maximum absolute atomic E-state index is 14.3. The number of carbonyl (C=O) groups is 2. The van der Waals surface area contributed by atoms with Gasteiger partial charge in [-0.05, 0) is 55.9 Å². The first-order valence-electron chi connectivity index (χ1n) is 21.7. The van der Waals surface area contributed by atoms with Crippen molar-refractivity contribution in [3.8, 4) is 0 Å². The molecule has 14 nitrogen and oxygen atoms in total. The summed E-state index contributed by atoms with van der Waals surface area (Å²) in [4.78, 5) is 27.0. The van der Waals surface area contributed by atoms with Gasteiger partial charge in [0, 0.05) is 45.3 Å². The number of allylic oxidation sites excluding steroid dienone is 2. The van der Waals surface area contributed by atoms with Gasteiger partial charge >= 0.3 is 11.9 Å². The first-order chi connectivity index (χ1) is 28.6. The van der Waals surface area contributed by atoms with Gasteiger partial charge in [-0.25, -0.2) is 4.79 Å². The van der Waals surface area contributed by atoms with E-state index in [1.807, 2.05) is 39.0 Å². The molecule has 0 amide bonds. The topological polar surface area (TPSA) is 167 Å². The molecule has 1 spiro atoms. The van der Waals surface area contributed by atoms with Gasteiger partial charge in [0.25, 0.3) is 0 Å². The Morgan fingerprint density at radius 2 is 1.82 bits per heavy atom. The Kier molecular flexibility index (Phi) is 15.7. The standard InChI is InChI=1S/C46H68O14/c1-10-26(2)41-29(5)16-17-45(60-41)23-34-21-33(59-45)15-14-28(4)40(58-38-22-36(52-9)42(31(7)55-38)57-37(47)25-53-19-18-51-8)27(3)12-11-13-32-24-54-43-39(48)30(6)20-35(44(49)56-34)46(32,43)50/h11-14,16-17,20,26-27,29,31,33-36,38-43,48,50H,10,15,18-19,21-25H2,1-9H3/b12-11+,28-14+,32-13+/t26?,27-,29-,31-,33+,34-,35?,36-,38?,39+,40-,41+,42-,43+,45?,46+/m0/s1. The normalized spacial score (nSPS) is 43.8. The first-order valence-corrected chi connectivity index (χ1v) is 21.7. The first kappa shape index (κ1) is 46.7. The number of aliphatic hydroxyl groups is 2. The number of ether oxygens (including phenoxy) is 10. The van der Waals surface area contributed by atoms with E-state index in [0.717, 1.165) is 12.0 Å². The van der Waals surface area contributed by atoms with Crippen LogP contribution >= 0.6 is 0 Å². The monoisotopic (exact) mass is 844 g/mol. The average Bonchev–Trinajstić information content (AvgIpc) is 3.56. The van der Waals surface area contributed by atoms with Gasteiger partial charge in [-0.2, -0.15) is 0 Å². The van der Waals surface area contributed by atoms with Crippen molar-refractivity contribution < 1.29 is 67.2 Å². The lowest BCUT2D eigenvalue weighted by Crippen LogP contribution is -2.58. The van der Waals surface area contributed by atoms with E-state index in [1.165, 1.54) is 0 Å². The van der Waals surface area contributed by atoms with Crippen LogP contribution in [0.25, 0.3) is 0 Å². The van der Waals surface area contributed by atoms with Crippen molar-refractivity contribution in [3.05, 3.63) is 59.3 Å². The molecule has 0 aromatic heterocycles. The Morgan fingerprint density at radius 3 is 2.55 bits per heavy atom. The number of aliphatic hydroxyl groups excluding tert-OH is 1. The molecule has 60 heavy (non-hydrogen) atoms. The van der Waals surface area contributed by atoms with Gasteiger partial charge in [-0.3, -0.25) is 4.79 Å². The molecule has 0 aromatic carbocycles. The zero-order valence-electron chi connectivity index (χ0n) is 36.8. The fourth-order valence-corrected chi connectivity index (χ4v) is 9.51. The highest BCUT2D eigenvalue weighted by Crippen LogP contribution is 2.47. The van der Waals surface area contributed by atoms with Gasteiger partial charge in [-0.1, -0.05) is 70.6 Å². The number of hydrogen-bond donors (Lipinski definition) is 2. The maximum atomic E-state index is 14.3. The highest BCUT2D eigenvalue weighted by molar-refractivity contribution is 5.78. The Morgan fingerprint density at radius 1 is 1.03 bits per heavy atom. The Hall–Kier alpha value is -2.76. The third-order valence-corrected chi connectivity index (χ3v) is 13.2. The summed E-state index contributed by atoms with van der Waals surface area (Å²) >= 11 is 0. The second-order valence-electron chi connectivity index (χ2n) is 17.6. The minimum absolute atomic E-state index is 0.0220. The highest BCUT2D eigenvalue weighted by Gasteiger charge is 2.60. The van der Waals surface area contributed by atoms with Crippen molar-refractivity contribution in [3.63, 3.8) is 0 Å². The summed E-state index contributed by atoms with van der Waals surface area (Å²) in [6, 6.07) is 0. The summed E-state index contributed by atoms with van der Waals surface area (Å²) in [6.07, 6.45) is 9.62. The molecule has 4 unspecified atom stereocenters.